The summed E-state index contributed by atoms with van der Waals surface area (Å²) in [4.78, 5) is 22.2. The van der Waals surface area contributed by atoms with E-state index in [2.05, 4.69) is 15.9 Å². The molecule has 0 radical (unpaired) electrons. The lowest BCUT2D eigenvalue weighted by atomic mass is 10.1. The average molecular weight is 348 g/mol. The van der Waals surface area contributed by atoms with Gasteiger partial charge in [-0.05, 0) is 57.9 Å². The number of benzene rings is 2. The molecule has 0 bridgehead atoms. The van der Waals surface area contributed by atoms with Crippen molar-refractivity contribution < 1.29 is 14.8 Å². The van der Waals surface area contributed by atoms with Crippen molar-refractivity contribution in [2.45, 2.75) is 0 Å². The molecule has 2 aromatic rings. The van der Waals surface area contributed by atoms with Crippen LogP contribution in [-0.4, -0.2) is 15.8 Å². The van der Waals surface area contributed by atoms with Gasteiger partial charge in [0.25, 0.3) is 5.69 Å². The molecule has 5 nitrogen and oxygen atoms in total. The van der Waals surface area contributed by atoms with Crippen LogP contribution in [0, 0.1) is 10.1 Å². The number of hydrogen-bond donors (Lipinski definition) is 1. The molecule has 0 heterocycles. The largest absolute Gasteiger partial charge is 0.508 e. The molecule has 2 rings (SSSR count). The van der Waals surface area contributed by atoms with Crippen LogP contribution < -0.4 is 0 Å². The van der Waals surface area contributed by atoms with E-state index in [1.807, 2.05) is 0 Å². The van der Waals surface area contributed by atoms with Crippen molar-refractivity contribution in [3.63, 3.8) is 0 Å². The summed E-state index contributed by atoms with van der Waals surface area (Å²) in [5.41, 5.74) is 0.918. The van der Waals surface area contributed by atoms with Crippen LogP contribution in [0.25, 0.3) is 6.08 Å². The number of ketones is 1. The summed E-state index contributed by atoms with van der Waals surface area (Å²) in [7, 11) is 0. The highest BCUT2D eigenvalue weighted by molar-refractivity contribution is 9.10. The van der Waals surface area contributed by atoms with Crippen LogP contribution in [0.4, 0.5) is 5.69 Å². The van der Waals surface area contributed by atoms with Gasteiger partial charge in [0.2, 0.25) is 0 Å². The highest BCUT2D eigenvalue weighted by Gasteiger charge is 2.11. The summed E-state index contributed by atoms with van der Waals surface area (Å²) in [5, 5.41) is 20.0. The van der Waals surface area contributed by atoms with E-state index in [-0.39, 0.29) is 17.2 Å². The predicted octanol–water partition coefficient (Wildman–Crippen LogP) is 3.96. The lowest BCUT2D eigenvalue weighted by Gasteiger charge is -1.98. The number of aromatic hydroxyl groups is 1. The fraction of sp³-hybridized carbons (Fsp3) is 0. The summed E-state index contributed by atoms with van der Waals surface area (Å²) in [6, 6.07) is 10.5. The Labute approximate surface area is 128 Å². The molecule has 0 aliphatic carbocycles. The normalized spacial score (nSPS) is 10.7. The van der Waals surface area contributed by atoms with Gasteiger partial charge in [0.05, 0.1) is 9.40 Å². The molecule has 0 saturated carbocycles. The summed E-state index contributed by atoms with van der Waals surface area (Å²) in [5.74, 6) is -0.167. The van der Waals surface area contributed by atoms with E-state index in [0.717, 1.165) is 0 Å². The number of rotatable bonds is 4. The van der Waals surface area contributed by atoms with Crippen molar-refractivity contribution in [3.05, 3.63) is 74.3 Å². The number of carbonyl (C=O) groups excluding carboxylic acids is 1. The fourth-order valence-corrected chi connectivity index (χ4v) is 2.06. The van der Waals surface area contributed by atoms with Crippen molar-refractivity contribution in [1.29, 1.82) is 0 Å². The minimum Gasteiger partial charge on any atom is -0.508 e. The van der Waals surface area contributed by atoms with Crippen LogP contribution in [-0.2, 0) is 0 Å². The van der Waals surface area contributed by atoms with E-state index in [0.29, 0.717) is 15.6 Å². The quantitative estimate of drug-likeness (QED) is 0.393. The van der Waals surface area contributed by atoms with Crippen LogP contribution in [0.15, 0.2) is 53.0 Å². The van der Waals surface area contributed by atoms with Gasteiger partial charge in [-0.25, -0.2) is 0 Å². The first-order valence-electron chi connectivity index (χ1n) is 5.93. The Balaban J connectivity index is 2.21. The van der Waals surface area contributed by atoms with Crippen molar-refractivity contribution in [2.24, 2.45) is 0 Å². The fourth-order valence-electron chi connectivity index (χ4n) is 1.67. The molecule has 106 valence electrons. The summed E-state index contributed by atoms with van der Waals surface area (Å²) < 4.78 is 0.384. The number of nitro benzene ring substituents is 1. The third-order valence-electron chi connectivity index (χ3n) is 2.75. The third kappa shape index (κ3) is 3.76. The maximum Gasteiger partial charge on any atom is 0.284 e. The number of nitrogens with zero attached hydrogens (tertiary/aromatic N) is 1. The molecule has 0 aromatic heterocycles. The van der Waals surface area contributed by atoms with Crippen LogP contribution in [0.2, 0.25) is 0 Å². The molecule has 6 heteroatoms. The standard InChI is InChI=1S/C15H10BrNO4/c16-13-7-1-10(9-14(13)17(20)21)2-8-15(19)11-3-5-12(18)6-4-11/h1-9,18H/b8-2+. The number of phenolic OH excluding ortho intramolecular Hbond substituents is 1. The van der Waals surface area contributed by atoms with Crippen LogP contribution in [0.1, 0.15) is 15.9 Å². The third-order valence-corrected chi connectivity index (χ3v) is 3.42. The van der Waals surface area contributed by atoms with Crippen molar-refractivity contribution in [1.82, 2.24) is 0 Å². The van der Waals surface area contributed by atoms with E-state index in [1.54, 1.807) is 12.1 Å². The van der Waals surface area contributed by atoms with Gasteiger partial charge in [-0.15, -0.1) is 0 Å². The monoisotopic (exact) mass is 347 g/mol. The maximum absolute atomic E-state index is 11.9. The lowest BCUT2D eigenvalue weighted by molar-refractivity contribution is -0.385. The van der Waals surface area contributed by atoms with E-state index in [1.165, 1.54) is 42.5 Å². The van der Waals surface area contributed by atoms with E-state index < -0.39 is 4.92 Å². The van der Waals surface area contributed by atoms with Crippen LogP contribution in [0.5, 0.6) is 5.75 Å². The van der Waals surface area contributed by atoms with Crippen molar-refractivity contribution in [3.8, 4) is 5.75 Å². The number of carbonyl (C=O) groups is 1. The molecule has 2 aromatic carbocycles. The Bertz CT molecular complexity index is 723. The van der Waals surface area contributed by atoms with Gasteiger partial charge in [-0.3, -0.25) is 14.9 Å². The minimum atomic E-state index is -0.497. The number of nitro groups is 1. The van der Waals surface area contributed by atoms with Gasteiger partial charge in [0.15, 0.2) is 5.78 Å². The molecule has 0 fully saturated rings. The van der Waals surface area contributed by atoms with Gasteiger partial charge in [-0.2, -0.15) is 0 Å². The Kier molecular flexibility index (Phi) is 4.49. The Morgan fingerprint density at radius 1 is 1.19 bits per heavy atom. The second kappa shape index (κ2) is 6.32. The van der Waals surface area contributed by atoms with Crippen LogP contribution in [0.3, 0.4) is 0 Å². The zero-order chi connectivity index (χ0) is 15.4. The lowest BCUT2D eigenvalue weighted by Crippen LogP contribution is -1.93. The Morgan fingerprint density at radius 3 is 2.48 bits per heavy atom. The highest BCUT2D eigenvalue weighted by Crippen LogP contribution is 2.26. The molecule has 0 aliphatic rings. The van der Waals surface area contributed by atoms with E-state index in [9.17, 15) is 14.9 Å². The topological polar surface area (TPSA) is 80.4 Å². The minimum absolute atomic E-state index is 0.0609. The second-order valence-corrected chi connectivity index (χ2v) is 5.07. The van der Waals surface area contributed by atoms with Gasteiger partial charge in [-0.1, -0.05) is 12.1 Å². The van der Waals surface area contributed by atoms with Crippen molar-refractivity contribution >= 4 is 33.5 Å². The molecule has 0 amide bonds. The summed E-state index contributed by atoms with van der Waals surface area (Å²) >= 11 is 3.10. The Morgan fingerprint density at radius 2 is 1.86 bits per heavy atom. The molecule has 1 N–H and O–H groups in total. The van der Waals surface area contributed by atoms with Crippen molar-refractivity contribution in [2.75, 3.05) is 0 Å². The SMILES string of the molecule is O=C(/C=C/c1ccc(Br)c([N+](=O)[O-])c1)c1ccc(O)cc1. The maximum atomic E-state index is 11.9. The zero-order valence-corrected chi connectivity index (χ0v) is 12.3. The second-order valence-electron chi connectivity index (χ2n) is 4.21. The van der Waals surface area contributed by atoms with Gasteiger partial charge >= 0.3 is 0 Å². The number of allylic oxidation sites excluding steroid dienone is 1. The average Bonchev–Trinajstić information content (AvgIpc) is 2.46. The first kappa shape index (κ1) is 14.9. The molecule has 0 atom stereocenters. The zero-order valence-electron chi connectivity index (χ0n) is 10.7. The number of hydrogen-bond acceptors (Lipinski definition) is 4. The molecule has 0 spiro atoms. The molecule has 0 unspecified atom stereocenters. The predicted molar refractivity (Wildman–Crippen MR) is 82.3 cm³/mol. The van der Waals surface area contributed by atoms with Gasteiger partial charge < -0.3 is 5.11 Å². The van der Waals surface area contributed by atoms with Gasteiger partial charge in [0.1, 0.15) is 5.75 Å². The molecule has 0 saturated heterocycles. The Hall–Kier alpha value is -2.47. The first-order valence-corrected chi connectivity index (χ1v) is 6.72. The first-order chi connectivity index (χ1) is 9.97. The number of phenols is 1. The summed E-state index contributed by atoms with van der Waals surface area (Å²) in [6.07, 6.45) is 2.84. The smallest absolute Gasteiger partial charge is 0.284 e. The molecule has 21 heavy (non-hydrogen) atoms. The van der Waals surface area contributed by atoms with E-state index in [4.69, 9.17) is 5.11 Å². The molecular weight excluding hydrogens is 338 g/mol. The number of halogens is 1. The summed E-state index contributed by atoms with van der Waals surface area (Å²) in [6.45, 7) is 0. The van der Waals surface area contributed by atoms with Crippen LogP contribution >= 0.6 is 15.9 Å². The molecule has 0 aliphatic heterocycles. The highest BCUT2D eigenvalue weighted by atomic mass is 79.9. The van der Waals surface area contributed by atoms with Gasteiger partial charge in [0, 0.05) is 11.6 Å². The molecular formula is C15H10BrNO4. The van der Waals surface area contributed by atoms with E-state index >= 15 is 0 Å².